The molecule has 0 spiro atoms. The molecule has 0 unspecified atom stereocenters. The summed E-state index contributed by atoms with van der Waals surface area (Å²) in [6.07, 6.45) is 0. The van der Waals surface area contributed by atoms with Gasteiger partial charge in [0.2, 0.25) is 0 Å². The summed E-state index contributed by atoms with van der Waals surface area (Å²) in [5.74, 6) is -0.386. The molecule has 0 heterocycles. The van der Waals surface area contributed by atoms with Crippen LogP contribution in [0.2, 0.25) is 0 Å². The molecule has 2 rings (SSSR count). The molecule has 4 heteroatoms. The third-order valence-corrected chi connectivity index (χ3v) is 2.71. The first-order valence-electron chi connectivity index (χ1n) is 5.84. The summed E-state index contributed by atoms with van der Waals surface area (Å²) in [4.78, 5) is 11.3. The molecule has 0 aromatic heterocycles. The number of carbonyl (C=O) groups excluding carboxylic acids is 1. The maximum Gasteiger partial charge on any atom is 0.252 e. The second-order valence-electron chi connectivity index (χ2n) is 4.28. The number of rotatable bonds is 4. The maximum atomic E-state index is 12.8. The highest BCUT2D eigenvalue weighted by atomic mass is 19.1. The smallest absolute Gasteiger partial charge is 0.252 e. The lowest BCUT2D eigenvalue weighted by atomic mass is 10.1. The van der Waals surface area contributed by atoms with Crippen LogP contribution in [0, 0.1) is 12.7 Å². The highest BCUT2D eigenvalue weighted by Crippen LogP contribution is 2.21. The Morgan fingerprint density at radius 2 is 1.89 bits per heavy atom. The molecule has 0 saturated carbocycles. The van der Waals surface area contributed by atoms with Crippen LogP contribution in [0.3, 0.4) is 0 Å². The fourth-order valence-corrected chi connectivity index (χ4v) is 1.69. The van der Waals surface area contributed by atoms with E-state index in [1.54, 1.807) is 30.3 Å². The Bertz CT molecular complexity index is 594. The van der Waals surface area contributed by atoms with Crippen molar-refractivity contribution < 1.29 is 13.9 Å². The zero-order valence-electron chi connectivity index (χ0n) is 10.5. The number of nitrogens with two attached hydrogens (primary N) is 1. The Balaban J connectivity index is 2.16. The summed E-state index contributed by atoms with van der Waals surface area (Å²) in [5, 5.41) is 0. The Kier molecular flexibility index (Phi) is 3.80. The standard InChI is InChI=1S/C15H14FNO2/c1-10-2-7-13(15(17)18)14(8-10)19-9-11-3-5-12(16)6-4-11/h2-8H,9H2,1H3,(H2,17,18). The second kappa shape index (κ2) is 5.52. The Labute approximate surface area is 110 Å². The van der Waals surface area contributed by atoms with Gasteiger partial charge in [-0.1, -0.05) is 18.2 Å². The number of hydrogen-bond donors (Lipinski definition) is 1. The molecule has 19 heavy (non-hydrogen) atoms. The van der Waals surface area contributed by atoms with Gasteiger partial charge in [0, 0.05) is 0 Å². The predicted octanol–water partition coefficient (Wildman–Crippen LogP) is 2.81. The van der Waals surface area contributed by atoms with Crippen molar-refractivity contribution in [3.05, 3.63) is 65.0 Å². The van der Waals surface area contributed by atoms with Crippen LogP contribution in [0.1, 0.15) is 21.5 Å². The first kappa shape index (κ1) is 13.1. The fraction of sp³-hybridized carbons (Fsp3) is 0.133. The van der Waals surface area contributed by atoms with Crippen molar-refractivity contribution in [3.8, 4) is 5.75 Å². The average Bonchev–Trinajstić information content (AvgIpc) is 2.38. The van der Waals surface area contributed by atoms with Crippen LogP contribution >= 0.6 is 0 Å². The van der Waals surface area contributed by atoms with Gasteiger partial charge in [-0.05, 0) is 42.3 Å². The zero-order valence-corrected chi connectivity index (χ0v) is 10.5. The van der Waals surface area contributed by atoms with E-state index in [4.69, 9.17) is 10.5 Å². The van der Waals surface area contributed by atoms with Crippen LogP contribution in [-0.2, 0) is 6.61 Å². The molecule has 0 atom stereocenters. The normalized spacial score (nSPS) is 10.2. The summed E-state index contributed by atoms with van der Waals surface area (Å²) in [6.45, 7) is 2.15. The molecule has 0 saturated heterocycles. The molecular weight excluding hydrogens is 245 g/mol. The largest absolute Gasteiger partial charge is 0.488 e. The number of ether oxygens (including phenoxy) is 1. The van der Waals surface area contributed by atoms with Crippen molar-refractivity contribution in [2.45, 2.75) is 13.5 Å². The number of aryl methyl sites for hydroxylation is 1. The number of benzene rings is 2. The molecular formula is C15H14FNO2. The Morgan fingerprint density at radius 3 is 2.53 bits per heavy atom. The minimum Gasteiger partial charge on any atom is -0.488 e. The molecule has 0 fully saturated rings. The number of halogens is 1. The van der Waals surface area contributed by atoms with Gasteiger partial charge >= 0.3 is 0 Å². The van der Waals surface area contributed by atoms with Gasteiger partial charge in [-0.25, -0.2) is 4.39 Å². The summed E-state index contributed by atoms with van der Waals surface area (Å²) in [5.41, 5.74) is 7.41. The first-order chi connectivity index (χ1) is 9.06. The molecule has 0 aliphatic rings. The summed E-state index contributed by atoms with van der Waals surface area (Å²) >= 11 is 0. The van der Waals surface area contributed by atoms with Gasteiger partial charge in [-0.15, -0.1) is 0 Å². The minimum atomic E-state index is -0.533. The molecule has 2 aromatic carbocycles. The first-order valence-corrected chi connectivity index (χ1v) is 5.84. The van der Waals surface area contributed by atoms with E-state index in [0.29, 0.717) is 11.3 Å². The van der Waals surface area contributed by atoms with Crippen LogP contribution in [-0.4, -0.2) is 5.91 Å². The van der Waals surface area contributed by atoms with Gasteiger partial charge in [0.05, 0.1) is 5.56 Å². The van der Waals surface area contributed by atoms with Crippen LogP contribution in [0.25, 0.3) is 0 Å². The van der Waals surface area contributed by atoms with Gasteiger partial charge in [0.25, 0.3) is 5.91 Å². The topological polar surface area (TPSA) is 52.3 Å². The van der Waals surface area contributed by atoms with Crippen molar-refractivity contribution in [2.24, 2.45) is 5.73 Å². The Hall–Kier alpha value is -2.36. The van der Waals surface area contributed by atoms with E-state index >= 15 is 0 Å². The molecule has 2 aromatic rings. The van der Waals surface area contributed by atoms with Gasteiger partial charge in [-0.2, -0.15) is 0 Å². The molecule has 0 bridgehead atoms. The van der Waals surface area contributed by atoms with E-state index < -0.39 is 5.91 Å². The summed E-state index contributed by atoms with van der Waals surface area (Å²) < 4.78 is 18.4. The lowest BCUT2D eigenvalue weighted by molar-refractivity contribution is 0.0996. The van der Waals surface area contributed by atoms with E-state index in [2.05, 4.69) is 0 Å². The molecule has 0 aliphatic carbocycles. The number of amides is 1. The molecule has 2 N–H and O–H groups in total. The highest BCUT2D eigenvalue weighted by molar-refractivity contribution is 5.95. The van der Waals surface area contributed by atoms with Gasteiger partial charge < -0.3 is 10.5 Å². The van der Waals surface area contributed by atoms with Crippen molar-refractivity contribution in [1.29, 1.82) is 0 Å². The third-order valence-electron chi connectivity index (χ3n) is 2.71. The molecule has 0 radical (unpaired) electrons. The van der Waals surface area contributed by atoms with E-state index in [1.807, 2.05) is 6.92 Å². The second-order valence-corrected chi connectivity index (χ2v) is 4.28. The van der Waals surface area contributed by atoms with Crippen molar-refractivity contribution in [2.75, 3.05) is 0 Å². The number of hydrogen-bond acceptors (Lipinski definition) is 2. The Morgan fingerprint density at radius 1 is 1.21 bits per heavy atom. The fourth-order valence-electron chi connectivity index (χ4n) is 1.69. The molecule has 98 valence electrons. The quantitative estimate of drug-likeness (QED) is 0.917. The van der Waals surface area contributed by atoms with Gasteiger partial charge in [0.1, 0.15) is 18.2 Å². The van der Waals surface area contributed by atoms with Crippen LogP contribution < -0.4 is 10.5 Å². The maximum absolute atomic E-state index is 12.8. The number of primary amides is 1. The van der Waals surface area contributed by atoms with Gasteiger partial charge in [-0.3, -0.25) is 4.79 Å². The van der Waals surface area contributed by atoms with E-state index in [-0.39, 0.29) is 12.4 Å². The molecule has 3 nitrogen and oxygen atoms in total. The van der Waals surface area contributed by atoms with E-state index in [1.165, 1.54) is 12.1 Å². The van der Waals surface area contributed by atoms with Gasteiger partial charge in [0.15, 0.2) is 0 Å². The molecule has 0 aliphatic heterocycles. The van der Waals surface area contributed by atoms with Crippen LogP contribution in [0.4, 0.5) is 4.39 Å². The van der Waals surface area contributed by atoms with E-state index in [9.17, 15) is 9.18 Å². The van der Waals surface area contributed by atoms with E-state index in [0.717, 1.165) is 11.1 Å². The van der Waals surface area contributed by atoms with Crippen molar-refractivity contribution >= 4 is 5.91 Å². The summed E-state index contributed by atoms with van der Waals surface area (Å²) in [7, 11) is 0. The summed E-state index contributed by atoms with van der Waals surface area (Å²) in [6, 6.07) is 11.2. The predicted molar refractivity (Wildman–Crippen MR) is 70.4 cm³/mol. The average molecular weight is 259 g/mol. The van der Waals surface area contributed by atoms with Crippen LogP contribution in [0.5, 0.6) is 5.75 Å². The van der Waals surface area contributed by atoms with Crippen LogP contribution in [0.15, 0.2) is 42.5 Å². The molecule has 1 amide bonds. The third kappa shape index (κ3) is 3.31. The van der Waals surface area contributed by atoms with Crippen molar-refractivity contribution in [1.82, 2.24) is 0 Å². The zero-order chi connectivity index (χ0) is 13.8. The lowest BCUT2D eigenvalue weighted by Crippen LogP contribution is -2.13. The lowest BCUT2D eigenvalue weighted by Gasteiger charge is -2.10. The van der Waals surface area contributed by atoms with Crippen molar-refractivity contribution in [3.63, 3.8) is 0 Å². The minimum absolute atomic E-state index is 0.254. The highest BCUT2D eigenvalue weighted by Gasteiger charge is 2.09. The monoisotopic (exact) mass is 259 g/mol. The number of carbonyl (C=O) groups is 1. The SMILES string of the molecule is Cc1ccc(C(N)=O)c(OCc2ccc(F)cc2)c1.